The Kier molecular flexibility index (Phi) is 3.63. The average molecular weight is 187 g/mol. The van der Waals surface area contributed by atoms with E-state index in [1.54, 1.807) is 24.5 Å². The molecular weight excluding hydrogens is 176 g/mol. The van der Waals surface area contributed by atoms with Crippen LogP contribution in [0.2, 0.25) is 0 Å². The number of halogens is 1. The molecule has 0 N–H and O–H groups in total. The molecule has 14 heavy (non-hydrogen) atoms. The summed E-state index contributed by atoms with van der Waals surface area (Å²) in [4.78, 5) is 3.87. The van der Waals surface area contributed by atoms with Crippen molar-refractivity contribution in [2.75, 3.05) is 0 Å². The van der Waals surface area contributed by atoms with Crippen molar-refractivity contribution < 1.29 is 4.39 Å². The molecule has 1 heterocycles. The number of hydrogen-bond acceptors (Lipinski definition) is 1. The lowest BCUT2D eigenvalue weighted by Crippen LogP contribution is -2.04. The van der Waals surface area contributed by atoms with Crippen LogP contribution in [0.1, 0.15) is 13.8 Å². The Morgan fingerprint density at radius 1 is 1.14 bits per heavy atom. The molecule has 0 unspecified atom stereocenters. The van der Waals surface area contributed by atoms with E-state index in [9.17, 15) is 4.39 Å². The van der Waals surface area contributed by atoms with E-state index >= 15 is 0 Å². The molecule has 0 atom stereocenters. The highest BCUT2D eigenvalue weighted by Gasteiger charge is 2.00. The van der Waals surface area contributed by atoms with Crippen LogP contribution in [-0.2, 0) is 0 Å². The van der Waals surface area contributed by atoms with Gasteiger partial charge in [-0.25, -0.2) is 4.39 Å². The summed E-state index contributed by atoms with van der Waals surface area (Å²) in [6.45, 7) is 4.00. The van der Waals surface area contributed by atoms with Crippen LogP contribution in [0.25, 0.3) is 10.8 Å². The van der Waals surface area contributed by atoms with Crippen LogP contribution >= 0.6 is 0 Å². The first-order chi connectivity index (χ1) is 6.79. The predicted molar refractivity (Wildman–Crippen MR) is 58.4 cm³/mol. The minimum absolute atomic E-state index is 0.262. The smallest absolute Gasteiger partial charge is 0.131 e. The van der Waals surface area contributed by atoms with Gasteiger partial charge in [0.2, 0.25) is 0 Å². The average Bonchev–Trinajstić information content (AvgIpc) is 2.27. The third-order valence-corrected chi connectivity index (χ3v) is 1.80. The van der Waals surface area contributed by atoms with Gasteiger partial charge in [0.1, 0.15) is 13.7 Å². The molecule has 70 valence electrons. The Morgan fingerprint density at radius 2 is 1.86 bits per heavy atom. The first-order valence-electron chi connectivity index (χ1n) is 4.57. The van der Waals surface area contributed by atoms with Gasteiger partial charge in [-0.2, -0.15) is 0 Å². The summed E-state index contributed by atoms with van der Waals surface area (Å²) in [5.41, 5.74) is 0.555. The summed E-state index contributed by atoms with van der Waals surface area (Å²) < 4.78 is 13.1. The van der Waals surface area contributed by atoms with E-state index in [0.717, 1.165) is 0 Å². The molecule has 0 bridgehead atoms. The zero-order chi connectivity index (χ0) is 10.6. The van der Waals surface area contributed by atoms with Crippen molar-refractivity contribution in [3.05, 3.63) is 36.4 Å². The van der Waals surface area contributed by atoms with Crippen molar-refractivity contribution >= 4 is 24.1 Å². The van der Waals surface area contributed by atoms with E-state index in [-0.39, 0.29) is 5.82 Å². The van der Waals surface area contributed by atoms with Crippen LogP contribution in [0.4, 0.5) is 4.39 Å². The van der Waals surface area contributed by atoms with Gasteiger partial charge >= 0.3 is 0 Å². The highest BCUT2D eigenvalue weighted by molar-refractivity contribution is 6.38. The quantitative estimate of drug-likeness (QED) is 0.576. The van der Waals surface area contributed by atoms with Gasteiger partial charge in [0.05, 0.1) is 0 Å². The van der Waals surface area contributed by atoms with Gasteiger partial charge in [-0.1, -0.05) is 25.4 Å². The molecule has 0 spiro atoms. The molecule has 2 radical (unpaired) electrons. The van der Waals surface area contributed by atoms with Gasteiger partial charge in [-0.3, -0.25) is 4.98 Å². The lowest BCUT2D eigenvalue weighted by molar-refractivity contribution is 0.640. The minimum Gasteiger partial charge on any atom is -0.264 e. The normalized spacial score (nSPS) is 9.36. The number of nitrogens with zero attached hydrogens (tertiary/aromatic N) is 1. The van der Waals surface area contributed by atoms with E-state index in [0.29, 0.717) is 16.2 Å². The molecule has 0 fully saturated rings. The molecular formula is C11H11BFN. The van der Waals surface area contributed by atoms with Crippen molar-refractivity contribution in [3.63, 3.8) is 0 Å². The Labute approximate surface area is 84.4 Å². The standard InChI is InChI=1S/C9H5BFN.C2H6/c10-8-1-2-9(11)6-3-4-12-5-7(6)8;1-2/h1-5H;1-2H3. The zero-order valence-electron chi connectivity index (χ0n) is 8.29. The van der Waals surface area contributed by atoms with Crippen LogP contribution in [0, 0.1) is 5.82 Å². The minimum atomic E-state index is -0.262. The number of pyridine rings is 1. The highest BCUT2D eigenvalue weighted by Crippen LogP contribution is 2.12. The van der Waals surface area contributed by atoms with E-state index in [4.69, 9.17) is 7.85 Å². The van der Waals surface area contributed by atoms with Crippen molar-refractivity contribution in [3.8, 4) is 0 Å². The van der Waals surface area contributed by atoms with Crippen molar-refractivity contribution in [2.24, 2.45) is 0 Å². The fourth-order valence-corrected chi connectivity index (χ4v) is 1.18. The maximum absolute atomic E-state index is 13.1. The third kappa shape index (κ3) is 1.92. The molecule has 1 aromatic carbocycles. The van der Waals surface area contributed by atoms with Crippen molar-refractivity contribution in [1.29, 1.82) is 0 Å². The first kappa shape index (κ1) is 10.7. The van der Waals surface area contributed by atoms with Gasteiger partial charge in [-0.05, 0) is 17.5 Å². The Morgan fingerprint density at radius 3 is 2.50 bits per heavy atom. The van der Waals surface area contributed by atoms with E-state index < -0.39 is 0 Å². The Hall–Kier alpha value is -1.38. The fourth-order valence-electron chi connectivity index (χ4n) is 1.18. The number of hydrogen-bond donors (Lipinski definition) is 0. The van der Waals surface area contributed by atoms with Crippen LogP contribution < -0.4 is 5.46 Å². The van der Waals surface area contributed by atoms with Crippen LogP contribution in [0.15, 0.2) is 30.6 Å². The second-order valence-electron chi connectivity index (χ2n) is 2.56. The Balaban J connectivity index is 0.000000461. The number of aromatic nitrogens is 1. The van der Waals surface area contributed by atoms with Gasteiger partial charge in [0.25, 0.3) is 0 Å². The molecule has 2 aromatic rings. The summed E-state index contributed by atoms with van der Waals surface area (Å²) in [5.74, 6) is -0.262. The van der Waals surface area contributed by atoms with Crippen LogP contribution in [0.3, 0.4) is 0 Å². The second kappa shape index (κ2) is 4.75. The van der Waals surface area contributed by atoms with E-state index in [2.05, 4.69) is 4.98 Å². The van der Waals surface area contributed by atoms with Gasteiger partial charge in [0.15, 0.2) is 0 Å². The van der Waals surface area contributed by atoms with E-state index in [1.807, 2.05) is 13.8 Å². The summed E-state index contributed by atoms with van der Waals surface area (Å²) >= 11 is 0. The summed E-state index contributed by atoms with van der Waals surface area (Å²) in [7, 11) is 5.62. The van der Waals surface area contributed by atoms with Gasteiger partial charge in [0, 0.05) is 17.8 Å². The largest absolute Gasteiger partial charge is 0.264 e. The molecule has 1 aromatic heterocycles. The SMILES string of the molecule is CC.[B]c1ccc(F)c2ccncc12. The Bertz CT molecular complexity index is 388. The van der Waals surface area contributed by atoms with Crippen LogP contribution in [0.5, 0.6) is 0 Å². The first-order valence-corrected chi connectivity index (χ1v) is 4.57. The molecule has 0 saturated heterocycles. The number of fused-ring (bicyclic) bond motifs is 1. The monoisotopic (exact) mass is 187 g/mol. The molecule has 0 aliphatic carbocycles. The van der Waals surface area contributed by atoms with Crippen LogP contribution in [-0.4, -0.2) is 12.8 Å². The molecule has 0 aliphatic heterocycles. The van der Waals surface area contributed by atoms with Gasteiger partial charge in [-0.15, -0.1) is 0 Å². The molecule has 0 amide bonds. The lowest BCUT2D eigenvalue weighted by Gasteiger charge is -2.01. The highest BCUT2D eigenvalue weighted by atomic mass is 19.1. The predicted octanol–water partition coefficient (Wildman–Crippen LogP) is 2.19. The third-order valence-electron chi connectivity index (χ3n) is 1.80. The second-order valence-corrected chi connectivity index (χ2v) is 2.56. The summed E-state index contributed by atoms with van der Waals surface area (Å²) in [6, 6.07) is 4.51. The summed E-state index contributed by atoms with van der Waals surface area (Å²) in [5, 5.41) is 1.18. The van der Waals surface area contributed by atoms with Crippen molar-refractivity contribution in [2.45, 2.75) is 13.8 Å². The lowest BCUT2D eigenvalue weighted by atomic mass is 9.91. The molecule has 0 aliphatic rings. The maximum atomic E-state index is 13.1. The summed E-state index contributed by atoms with van der Waals surface area (Å²) in [6.07, 6.45) is 3.11. The van der Waals surface area contributed by atoms with E-state index in [1.165, 1.54) is 6.07 Å². The van der Waals surface area contributed by atoms with Crippen molar-refractivity contribution in [1.82, 2.24) is 4.98 Å². The topological polar surface area (TPSA) is 12.9 Å². The number of benzene rings is 1. The fraction of sp³-hybridized carbons (Fsp3) is 0.182. The maximum Gasteiger partial charge on any atom is 0.131 e. The zero-order valence-corrected chi connectivity index (χ0v) is 8.29. The molecule has 3 heteroatoms. The molecule has 1 nitrogen and oxygen atoms in total. The van der Waals surface area contributed by atoms with Gasteiger partial charge < -0.3 is 0 Å². The number of rotatable bonds is 0. The molecule has 0 saturated carbocycles. The molecule has 2 rings (SSSR count).